The molecule has 0 radical (unpaired) electrons. The molecular weight excluding hydrogens is 325 g/mol. The number of nitrogens with two attached hydrogens (primary N) is 1. The SMILES string of the molecule is COC(=S)NC[C@H]1CN(c2ccc(N/C=N\N)c(F)c2)C(=O)O1. The molecule has 1 aromatic carbocycles. The fraction of sp³-hybridized carbons (Fsp3) is 0.308. The molecule has 8 nitrogen and oxygen atoms in total. The van der Waals surface area contributed by atoms with E-state index in [0.29, 0.717) is 12.2 Å². The number of carbonyl (C=O) groups is 1. The van der Waals surface area contributed by atoms with E-state index in [1.54, 1.807) is 6.07 Å². The topological polar surface area (TPSA) is 101 Å². The molecular formula is C13H16FN5O3S. The number of benzene rings is 1. The van der Waals surface area contributed by atoms with Crippen molar-refractivity contribution in [1.82, 2.24) is 5.32 Å². The third-order valence-electron chi connectivity index (χ3n) is 3.09. The number of thiocarbonyl (C=S) groups is 1. The van der Waals surface area contributed by atoms with Gasteiger partial charge < -0.3 is 25.9 Å². The van der Waals surface area contributed by atoms with Crippen LogP contribution in [0.1, 0.15) is 0 Å². The summed E-state index contributed by atoms with van der Waals surface area (Å²) in [5, 5.41) is 8.81. The summed E-state index contributed by atoms with van der Waals surface area (Å²) in [6.07, 6.45) is 0.187. The summed E-state index contributed by atoms with van der Waals surface area (Å²) in [7, 11) is 1.44. The zero-order chi connectivity index (χ0) is 16.8. The average molecular weight is 341 g/mol. The van der Waals surface area contributed by atoms with E-state index in [0.717, 1.165) is 6.34 Å². The molecule has 1 saturated heterocycles. The first-order valence-corrected chi connectivity index (χ1v) is 7.03. The van der Waals surface area contributed by atoms with Crippen LogP contribution < -0.4 is 21.4 Å². The third-order valence-corrected chi connectivity index (χ3v) is 3.40. The number of anilines is 2. The van der Waals surface area contributed by atoms with Crippen molar-refractivity contribution < 1.29 is 18.7 Å². The molecule has 1 atom stereocenters. The van der Waals surface area contributed by atoms with Crippen LogP contribution in [0, 0.1) is 5.82 Å². The van der Waals surface area contributed by atoms with Crippen molar-refractivity contribution in [2.45, 2.75) is 6.10 Å². The Balaban J connectivity index is 2.02. The molecule has 0 saturated carbocycles. The first-order chi connectivity index (χ1) is 11.0. The normalized spacial score (nSPS) is 17.2. The number of amides is 1. The molecule has 0 bridgehead atoms. The van der Waals surface area contributed by atoms with Gasteiger partial charge >= 0.3 is 6.09 Å². The van der Waals surface area contributed by atoms with Gasteiger partial charge in [-0.15, -0.1) is 0 Å². The van der Waals surface area contributed by atoms with Gasteiger partial charge in [-0.2, -0.15) is 5.10 Å². The number of nitrogens with one attached hydrogen (secondary N) is 2. The van der Waals surface area contributed by atoms with Crippen molar-refractivity contribution in [3.05, 3.63) is 24.0 Å². The van der Waals surface area contributed by atoms with Crippen LogP contribution in [0.5, 0.6) is 0 Å². The lowest BCUT2D eigenvalue weighted by Crippen LogP contribution is -2.34. The molecule has 1 amide bonds. The molecule has 23 heavy (non-hydrogen) atoms. The fourth-order valence-electron chi connectivity index (χ4n) is 2.00. The predicted octanol–water partition coefficient (Wildman–Crippen LogP) is 0.986. The minimum atomic E-state index is -0.552. The van der Waals surface area contributed by atoms with Gasteiger partial charge in [0.15, 0.2) is 0 Å². The van der Waals surface area contributed by atoms with E-state index in [9.17, 15) is 9.18 Å². The number of ether oxygens (including phenoxy) is 2. The van der Waals surface area contributed by atoms with Gasteiger partial charge in [-0.25, -0.2) is 9.18 Å². The number of hydrogen-bond donors (Lipinski definition) is 3. The summed E-state index contributed by atoms with van der Waals surface area (Å²) in [5.74, 6) is 4.40. The number of methoxy groups -OCH3 is 1. The van der Waals surface area contributed by atoms with Crippen LogP contribution in [0.4, 0.5) is 20.6 Å². The van der Waals surface area contributed by atoms with E-state index < -0.39 is 18.0 Å². The second kappa shape index (κ2) is 7.58. The Kier molecular flexibility index (Phi) is 5.52. The second-order valence-corrected chi connectivity index (χ2v) is 4.95. The summed E-state index contributed by atoms with van der Waals surface area (Å²) < 4.78 is 24.0. The number of nitrogens with zero attached hydrogens (tertiary/aromatic N) is 2. The van der Waals surface area contributed by atoms with E-state index in [4.69, 9.17) is 27.5 Å². The first kappa shape index (κ1) is 16.7. The monoisotopic (exact) mass is 341 g/mol. The van der Waals surface area contributed by atoms with Gasteiger partial charge in [-0.1, -0.05) is 0 Å². The van der Waals surface area contributed by atoms with Gasteiger partial charge in [0, 0.05) is 0 Å². The van der Waals surface area contributed by atoms with Crippen LogP contribution in [0.3, 0.4) is 0 Å². The molecule has 1 fully saturated rings. The smallest absolute Gasteiger partial charge is 0.414 e. The van der Waals surface area contributed by atoms with Crippen LogP contribution in [0.15, 0.2) is 23.3 Å². The summed E-state index contributed by atoms with van der Waals surface area (Å²) >= 11 is 4.84. The molecule has 0 aromatic heterocycles. The van der Waals surface area contributed by atoms with Crippen LogP contribution >= 0.6 is 12.2 Å². The van der Waals surface area contributed by atoms with Gasteiger partial charge in [-0.3, -0.25) is 4.90 Å². The molecule has 4 N–H and O–H groups in total. The van der Waals surface area contributed by atoms with E-state index in [2.05, 4.69) is 15.7 Å². The molecule has 1 aliphatic heterocycles. The number of carbonyl (C=O) groups excluding carboxylic acids is 1. The van der Waals surface area contributed by atoms with Crippen LogP contribution in [-0.4, -0.2) is 43.9 Å². The highest BCUT2D eigenvalue weighted by atomic mass is 32.1. The van der Waals surface area contributed by atoms with Crippen molar-refractivity contribution in [1.29, 1.82) is 0 Å². The molecule has 2 rings (SSSR count). The number of hydrogen-bond acceptors (Lipinski definition) is 6. The van der Waals surface area contributed by atoms with Crippen molar-refractivity contribution >= 4 is 41.2 Å². The standard InChI is InChI=1S/C13H16FN5O3S/c1-21-12(23)16-5-9-6-19(13(20)22-9)8-2-3-11(10(14)4-8)17-7-18-15/h2-4,7,9H,5-6,15H2,1H3,(H,16,23)(H,17,18)/t9-/m0/s1. The molecule has 10 heteroatoms. The lowest BCUT2D eigenvalue weighted by atomic mass is 10.2. The van der Waals surface area contributed by atoms with Crippen LogP contribution in [-0.2, 0) is 9.47 Å². The summed E-state index contributed by atoms with van der Waals surface area (Å²) in [6.45, 7) is 0.582. The highest BCUT2D eigenvalue weighted by Crippen LogP contribution is 2.25. The lowest BCUT2D eigenvalue weighted by Gasteiger charge is -2.14. The van der Waals surface area contributed by atoms with Crippen LogP contribution in [0.25, 0.3) is 0 Å². The van der Waals surface area contributed by atoms with Crippen molar-refractivity contribution in [2.24, 2.45) is 10.9 Å². The maximum Gasteiger partial charge on any atom is 0.414 e. The molecule has 0 unspecified atom stereocenters. The highest BCUT2D eigenvalue weighted by Gasteiger charge is 2.32. The maximum absolute atomic E-state index is 14.0. The van der Waals surface area contributed by atoms with Gasteiger partial charge in [0.1, 0.15) is 18.3 Å². The average Bonchev–Trinajstić information content (AvgIpc) is 2.92. The number of rotatable bonds is 5. The van der Waals surface area contributed by atoms with E-state index in [-0.39, 0.29) is 17.4 Å². The molecule has 1 heterocycles. The van der Waals surface area contributed by atoms with Gasteiger partial charge in [-0.05, 0) is 30.4 Å². The predicted molar refractivity (Wildman–Crippen MR) is 87.9 cm³/mol. The third kappa shape index (κ3) is 4.19. The number of hydrazone groups is 1. The van der Waals surface area contributed by atoms with E-state index >= 15 is 0 Å². The maximum atomic E-state index is 14.0. The van der Waals surface area contributed by atoms with Crippen molar-refractivity contribution in [3.8, 4) is 0 Å². The second-order valence-electron chi connectivity index (χ2n) is 4.58. The van der Waals surface area contributed by atoms with E-state index in [1.165, 1.54) is 24.1 Å². The number of cyclic esters (lactones) is 1. The van der Waals surface area contributed by atoms with E-state index in [1.807, 2.05) is 0 Å². The lowest BCUT2D eigenvalue weighted by molar-refractivity contribution is 0.142. The first-order valence-electron chi connectivity index (χ1n) is 6.63. The minimum absolute atomic E-state index is 0.194. The Labute approximate surface area is 137 Å². The largest absolute Gasteiger partial charge is 0.474 e. The Bertz CT molecular complexity index is 628. The zero-order valence-electron chi connectivity index (χ0n) is 12.3. The summed E-state index contributed by atoms with van der Waals surface area (Å²) in [6, 6.07) is 4.29. The van der Waals surface area contributed by atoms with Crippen LogP contribution in [0.2, 0.25) is 0 Å². The summed E-state index contributed by atoms with van der Waals surface area (Å²) in [5.41, 5.74) is 0.582. The van der Waals surface area contributed by atoms with Gasteiger partial charge in [0.2, 0.25) is 0 Å². The Morgan fingerprint density at radius 3 is 3.13 bits per heavy atom. The zero-order valence-corrected chi connectivity index (χ0v) is 13.1. The molecule has 1 aromatic rings. The Hall–Kier alpha value is -2.62. The van der Waals surface area contributed by atoms with Gasteiger partial charge in [0.25, 0.3) is 5.17 Å². The van der Waals surface area contributed by atoms with Gasteiger partial charge in [0.05, 0.1) is 31.6 Å². The highest BCUT2D eigenvalue weighted by molar-refractivity contribution is 7.80. The fourth-order valence-corrected chi connectivity index (χ4v) is 2.09. The molecule has 0 spiro atoms. The van der Waals surface area contributed by atoms with Crippen molar-refractivity contribution in [3.63, 3.8) is 0 Å². The van der Waals surface area contributed by atoms with Crippen molar-refractivity contribution in [2.75, 3.05) is 30.4 Å². The Morgan fingerprint density at radius 2 is 2.48 bits per heavy atom. The minimum Gasteiger partial charge on any atom is -0.474 e. The Morgan fingerprint density at radius 1 is 1.70 bits per heavy atom. The molecule has 124 valence electrons. The number of halogens is 1. The molecule has 0 aliphatic carbocycles. The summed E-state index contributed by atoms with van der Waals surface area (Å²) in [4.78, 5) is 13.2. The molecule has 1 aliphatic rings. The quantitative estimate of drug-likeness (QED) is 0.241.